The van der Waals surface area contributed by atoms with E-state index in [9.17, 15) is 14.4 Å². The van der Waals surface area contributed by atoms with Gasteiger partial charge in [0, 0.05) is 12.5 Å². The van der Waals surface area contributed by atoms with Gasteiger partial charge in [0.1, 0.15) is 6.54 Å². The van der Waals surface area contributed by atoms with Crippen molar-refractivity contribution in [1.82, 2.24) is 5.32 Å². The monoisotopic (exact) mass is 570 g/mol. The molecule has 6 nitrogen and oxygen atoms in total. The Hall–Kier alpha value is -1.48. The molecular weight excluding hydrogens is 531 g/mol. The van der Waals surface area contributed by atoms with Gasteiger partial charge in [-0.3, -0.25) is 9.59 Å². The number of carbonyl (C=O) groups is 3. The fourth-order valence-electron chi connectivity index (χ4n) is 5.51. The Morgan fingerprint density at radius 1 is 1.09 bits per heavy atom. The standard InChI is InChI=1S/C26H38N2O4.HI/c1-4-28(15-9-11-20(17-28)25(30)27-21-12-6-5-7-13-21)18-22(29)16-24-19(2)10-8-14-23(24)26(31)32-3;/h8,10,14,20-21H,4-7,9,11-13,15-18H2,1-3H3;1H. The molecule has 1 aromatic rings. The van der Waals surface area contributed by atoms with E-state index in [1.54, 1.807) is 6.07 Å². The van der Waals surface area contributed by atoms with Crippen LogP contribution in [0.2, 0.25) is 0 Å². The van der Waals surface area contributed by atoms with Gasteiger partial charge >= 0.3 is 5.97 Å². The van der Waals surface area contributed by atoms with Gasteiger partial charge in [-0.05, 0) is 56.7 Å². The zero-order valence-corrected chi connectivity index (χ0v) is 22.5. The molecule has 3 rings (SSSR count). The molecule has 1 saturated heterocycles. The molecule has 2 aliphatic rings. The first kappa shape index (κ1) is 27.8. The van der Waals surface area contributed by atoms with Crippen molar-refractivity contribution >= 4 is 17.7 Å². The average molecular weight is 571 g/mol. The summed E-state index contributed by atoms with van der Waals surface area (Å²) in [5.41, 5.74) is 2.14. The molecular formula is C26H39IN2O4. The number of benzene rings is 1. The molecule has 0 aromatic heterocycles. The molecule has 1 aliphatic carbocycles. The van der Waals surface area contributed by atoms with Crippen LogP contribution in [0.4, 0.5) is 0 Å². The summed E-state index contributed by atoms with van der Waals surface area (Å²) in [6.45, 7) is 6.91. The fourth-order valence-corrected chi connectivity index (χ4v) is 5.51. The topological polar surface area (TPSA) is 72.5 Å². The van der Waals surface area contributed by atoms with Gasteiger partial charge in [-0.2, -0.15) is 0 Å². The number of aryl methyl sites for hydroxylation is 1. The van der Waals surface area contributed by atoms with Gasteiger partial charge in [0.05, 0.1) is 38.2 Å². The van der Waals surface area contributed by atoms with E-state index in [0.29, 0.717) is 22.6 Å². The third kappa shape index (κ3) is 7.25. The number of ether oxygens (including phenoxy) is 1. The van der Waals surface area contributed by atoms with Crippen LogP contribution in [0.15, 0.2) is 18.2 Å². The van der Waals surface area contributed by atoms with Crippen LogP contribution in [0, 0.1) is 12.8 Å². The fraction of sp³-hybridized carbons (Fsp3) is 0.654. The molecule has 33 heavy (non-hydrogen) atoms. The number of likely N-dealkylation sites (N-methyl/N-ethyl adjacent to an activating group) is 1. The lowest BCUT2D eigenvalue weighted by atomic mass is 9.91. The highest BCUT2D eigenvalue weighted by Gasteiger charge is 2.39. The molecule has 7 heteroatoms. The van der Waals surface area contributed by atoms with E-state index in [4.69, 9.17) is 4.74 Å². The smallest absolute Gasteiger partial charge is 0.338 e. The third-order valence-electron chi connectivity index (χ3n) is 7.49. The largest absolute Gasteiger partial charge is 1.00 e. The number of rotatable bonds is 8. The SMILES string of the molecule is CC[N+]1(CC(=O)Cc2c(C)cccc2C(=O)OC)CCCC(C(=O)NC2CCCCC2)C1.[I-]. The lowest BCUT2D eigenvalue weighted by Crippen LogP contribution is -3.00. The lowest BCUT2D eigenvalue weighted by molar-refractivity contribution is -0.925. The highest BCUT2D eigenvalue weighted by atomic mass is 127. The summed E-state index contributed by atoms with van der Waals surface area (Å²) in [5.74, 6) is -0.151. The van der Waals surface area contributed by atoms with Crippen molar-refractivity contribution in [2.75, 3.05) is 33.3 Å². The number of nitrogens with zero attached hydrogens (tertiary/aromatic N) is 1. The summed E-state index contributed by atoms with van der Waals surface area (Å²) in [6.07, 6.45) is 7.92. The van der Waals surface area contributed by atoms with E-state index >= 15 is 0 Å². The molecule has 1 aromatic carbocycles. The summed E-state index contributed by atoms with van der Waals surface area (Å²) < 4.78 is 5.56. The Labute approximate surface area is 215 Å². The van der Waals surface area contributed by atoms with Crippen molar-refractivity contribution in [3.05, 3.63) is 34.9 Å². The second kappa shape index (κ2) is 12.8. The minimum atomic E-state index is -0.409. The number of hydrogen-bond donors (Lipinski definition) is 1. The number of piperidine rings is 1. The number of ketones is 1. The maximum absolute atomic E-state index is 13.2. The molecule has 2 atom stereocenters. The van der Waals surface area contributed by atoms with Gasteiger partial charge in [0.2, 0.25) is 5.91 Å². The number of Topliss-reactive ketones (excluding diaryl/α,β-unsaturated/α-hetero) is 1. The number of halogens is 1. The molecule has 1 heterocycles. The summed E-state index contributed by atoms with van der Waals surface area (Å²) in [4.78, 5) is 38.3. The average Bonchev–Trinajstić information content (AvgIpc) is 2.80. The number of esters is 1. The Morgan fingerprint density at radius 3 is 2.48 bits per heavy atom. The minimum absolute atomic E-state index is 0. The van der Waals surface area contributed by atoms with E-state index in [0.717, 1.165) is 56.4 Å². The number of quaternary nitrogens is 1. The van der Waals surface area contributed by atoms with Gasteiger partial charge < -0.3 is 38.5 Å². The first-order chi connectivity index (χ1) is 15.4. The van der Waals surface area contributed by atoms with E-state index in [-0.39, 0.29) is 48.0 Å². The minimum Gasteiger partial charge on any atom is -1.00 e. The number of carbonyl (C=O) groups excluding carboxylic acids is 3. The van der Waals surface area contributed by atoms with Gasteiger partial charge in [0.25, 0.3) is 0 Å². The maximum atomic E-state index is 13.2. The zero-order valence-electron chi connectivity index (χ0n) is 20.3. The van der Waals surface area contributed by atoms with E-state index < -0.39 is 5.97 Å². The molecule has 0 spiro atoms. The Kier molecular flexibility index (Phi) is 10.8. The van der Waals surface area contributed by atoms with Crippen molar-refractivity contribution in [1.29, 1.82) is 0 Å². The van der Waals surface area contributed by atoms with E-state index in [2.05, 4.69) is 12.2 Å². The zero-order chi connectivity index (χ0) is 23.1. The molecule has 0 radical (unpaired) electrons. The van der Waals surface area contributed by atoms with E-state index in [1.165, 1.54) is 26.4 Å². The number of methoxy groups -OCH3 is 1. The number of hydrogen-bond acceptors (Lipinski definition) is 4. The lowest BCUT2D eigenvalue weighted by Gasteiger charge is -2.43. The normalized spacial score (nSPS) is 23.3. The molecule has 1 amide bonds. The van der Waals surface area contributed by atoms with Crippen LogP contribution in [-0.4, -0.2) is 61.5 Å². The van der Waals surface area contributed by atoms with Gasteiger partial charge in [-0.1, -0.05) is 31.4 Å². The molecule has 2 fully saturated rings. The predicted octanol–water partition coefficient (Wildman–Crippen LogP) is 0.593. The highest BCUT2D eigenvalue weighted by Crippen LogP contribution is 2.26. The summed E-state index contributed by atoms with van der Waals surface area (Å²) in [7, 11) is 1.36. The van der Waals surface area contributed by atoms with Crippen LogP contribution in [-0.2, 0) is 20.7 Å². The van der Waals surface area contributed by atoms with Crippen LogP contribution < -0.4 is 29.3 Å². The van der Waals surface area contributed by atoms with Gasteiger partial charge in [0.15, 0.2) is 5.78 Å². The predicted molar refractivity (Wildman–Crippen MR) is 124 cm³/mol. The Balaban J connectivity index is 0.00000385. The van der Waals surface area contributed by atoms with Crippen LogP contribution in [0.25, 0.3) is 0 Å². The number of amides is 1. The maximum Gasteiger partial charge on any atom is 0.338 e. The Morgan fingerprint density at radius 2 is 1.82 bits per heavy atom. The molecule has 184 valence electrons. The Bertz CT molecular complexity index is 838. The molecule has 0 bridgehead atoms. The molecule has 2 unspecified atom stereocenters. The second-order valence-corrected chi connectivity index (χ2v) is 9.71. The quantitative estimate of drug-likeness (QED) is 0.282. The van der Waals surface area contributed by atoms with Crippen molar-refractivity contribution < 1.29 is 47.6 Å². The third-order valence-corrected chi connectivity index (χ3v) is 7.49. The highest BCUT2D eigenvalue weighted by molar-refractivity contribution is 5.94. The van der Waals surface area contributed by atoms with Gasteiger partial charge in [-0.15, -0.1) is 0 Å². The first-order valence-corrected chi connectivity index (χ1v) is 12.2. The van der Waals surface area contributed by atoms with Crippen molar-refractivity contribution in [2.45, 2.75) is 71.3 Å². The second-order valence-electron chi connectivity index (χ2n) is 9.71. The molecule has 1 aliphatic heterocycles. The van der Waals surface area contributed by atoms with Crippen LogP contribution in [0.3, 0.4) is 0 Å². The molecule has 1 saturated carbocycles. The summed E-state index contributed by atoms with van der Waals surface area (Å²) >= 11 is 0. The van der Waals surface area contributed by atoms with Crippen LogP contribution >= 0.6 is 0 Å². The number of likely N-dealkylation sites (tertiary alicyclic amines) is 1. The van der Waals surface area contributed by atoms with Crippen molar-refractivity contribution in [3.63, 3.8) is 0 Å². The van der Waals surface area contributed by atoms with Crippen LogP contribution in [0.1, 0.15) is 73.4 Å². The summed E-state index contributed by atoms with van der Waals surface area (Å²) in [6, 6.07) is 5.78. The van der Waals surface area contributed by atoms with Crippen LogP contribution in [0.5, 0.6) is 0 Å². The number of nitrogens with one attached hydrogen (secondary N) is 1. The first-order valence-electron chi connectivity index (χ1n) is 12.2. The summed E-state index contributed by atoms with van der Waals surface area (Å²) in [5, 5.41) is 3.29. The molecule has 1 N–H and O–H groups in total. The van der Waals surface area contributed by atoms with Crippen molar-refractivity contribution in [3.8, 4) is 0 Å². The van der Waals surface area contributed by atoms with Gasteiger partial charge in [-0.25, -0.2) is 4.79 Å². The van der Waals surface area contributed by atoms with Crippen molar-refractivity contribution in [2.24, 2.45) is 5.92 Å². The van der Waals surface area contributed by atoms with E-state index in [1.807, 2.05) is 19.1 Å².